The molecule has 8 nitrogen and oxygen atoms in total. The quantitative estimate of drug-likeness (QED) is 0.592. The zero-order valence-corrected chi connectivity index (χ0v) is 10.7. The molecule has 0 unspecified atom stereocenters. The van der Waals surface area contributed by atoms with Crippen LogP contribution in [-0.4, -0.2) is 55.5 Å². The van der Waals surface area contributed by atoms with E-state index in [9.17, 15) is 0 Å². The Morgan fingerprint density at radius 3 is 2.67 bits per heavy atom. The minimum Gasteiger partial charge on any atom is -0.467 e. The van der Waals surface area contributed by atoms with Gasteiger partial charge in [-0.05, 0) is 6.42 Å². The highest BCUT2D eigenvalue weighted by Crippen LogP contribution is 2.07. The molecule has 8 heteroatoms. The van der Waals surface area contributed by atoms with Crippen molar-refractivity contribution >= 4 is 11.9 Å². The normalized spacial score (nSPS) is 10.3. The van der Waals surface area contributed by atoms with Gasteiger partial charge in [-0.25, -0.2) is 0 Å². The number of nitrogens with one attached hydrogen (secondary N) is 1. The molecule has 0 aliphatic rings. The zero-order chi connectivity index (χ0) is 13.2. The number of nitrogens with two attached hydrogens (primary N) is 1. The summed E-state index contributed by atoms with van der Waals surface area (Å²) in [6.07, 6.45) is 0.831. The third kappa shape index (κ3) is 5.60. The van der Waals surface area contributed by atoms with Gasteiger partial charge in [-0.15, -0.1) is 0 Å². The van der Waals surface area contributed by atoms with E-state index in [2.05, 4.69) is 20.3 Å². The maximum Gasteiger partial charge on any atom is 0.322 e. The van der Waals surface area contributed by atoms with Crippen molar-refractivity contribution in [1.29, 1.82) is 0 Å². The molecule has 0 radical (unpaired) electrons. The summed E-state index contributed by atoms with van der Waals surface area (Å²) >= 11 is 0. The van der Waals surface area contributed by atoms with Crippen LogP contribution in [0.15, 0.2) is 0 Å². The van der Waals surface area contributed by atoms with Crippen molar-refractivity contribution in [2.45, 2.75) is 6.42 Å². The predicted octanol–water partition coefficient (Wildman–Crippen LogP) is -0.0726. The maximum atomic E-state index is 5.50. The molecule has 0 fully saturated rings. The maximum absolute atomic E-state index is 5.50. The SMILES string of the molecule is COCCOCCCNc1nc(N)nc(OC)n1. The Morgan fingerprint density at radius 1 is 1.11 bits per heavy atom. The van der Waals surface area contributed by atoms with E-state index in [1.807, 2.05) is 0 Å². The molecule has 1 aromatic heterocycles. The third-order valence-corrected chi connectivity index (χ3v) is 2.00. The molecule has 102 valence electrons. The van der Waals surface area contributed by atoms with Gasteiger partial charge in [0, 0.05) is 20.3 Å². The lowest BCUT2D eigenvalue weighted by atomic mass is 10.4. The van der Waals surface area contributed by atoms with Crippen LogP contribution in [0.2, 0.25) is 0 Å². The molecule has 18 heavy (non-hydrogen) atoms. The second kappa shape index (κ2) is 8.43. The number of nitrogens with zero attached hydrogens (tertiary/aromatic N) is 3. The van der Waals surface area contributed by atoms with E-state index >= 15 is 0 Å². The Kier molecular flexibility index (Phi) is 6.74. The van der Waals surface area contributed by atoms with Crippen LogP contribution in [0.5, 0.6) is 6.01 Å². The summed E-state index contributed by atoms with van der Waals surface area (Å²) in [5.74, 6) is 0.525. The average molecular weight is 257 g/mol. The lowest BCUT2D eigenvalue weighted by Crippen LogP contribution is -2.11. The summed E-state index contributed by atoms with van der Waals surface area (Å²) in [5.41, 5.74) is 5.50. The summed E-state index contributed by atoms with van der Waals surface area (Å²) < 4.78 is 15.1. The number of rotatable bonds is 9. The van der Waals surface area contributed by atoms with Gasteiger partial charge in [0.2, 0.25) is 11.9 Å². The number of hydrogen-bond donors (Lipinski definition) is 2. The number of aromatic nitrogens is 3. The summed E-state index contributed by atoms with van der Waals surface area (Å²) in [6.45, 7) is 2.53. The van der Waals surface area contributed by atoms with Crippen LogP contribution < -0.4 is 15.8 Å². The zero-order valence-electron chi connectivity index (χ0n) is 10.7. The van der Waals surface area contributed by atoms with Crippen LogP contribution in [0.4, 0.5) is 11.9 Å². The highest BCUT2D eigenvalue weighted by molar-refractivity contribution is 5.32. The molecule has 0 amide bonds. The molecule has 3 N–H and O–H groups in total. The number of nitrogen functional groups attached to an aromatic ring is 1. The highest BCUT2D eigenvalue weighted by atomic mass is 16.5. The van der Waals surface area contributed by atoms with Gasteiger partial charge < -0.3 is 25.3 Å². The monoisotopic (exact) mass is 257 g/mol. The Hall–Kier alpha value is -1.67. The molecule has 0 aliphatic heterocycles. The number of ether oxygens (including phenoxy) is 3. The number of hydrogen-bond acceptors (Lipinski definition) is 8. The van der Waals surface area contributed by atoms with Gasteiger partial charge in [0.15, 0.2) is 0 Å². The number of anilines is 2. The molecule has 0 aromatic carbocycles. The van der Waals surface area contributed by atoms with E-state index in [0.29, 0.717) is 32.3 Å². The fourth-order valence-corrected chi connectivity index (χ4v) is 1.16. The first-order valence-corrected chi connectivity index (χ1v) is 5.62. The first kappa shape index (κ1) is 14.4. The molecule has 0 saturated heterocycles. The second-order valence-electron chi connectivity index (χ2n) is 3.39. The lowest BCUT2D eigenvalue weighted by molar-refractivity contribution is 0.0705. The summed E-state index contributed by atoms with van der Waals surface area (Å²) in [7, 11) is 3.12. The van der Waals surface area contributed by atoms with Gasteiger partial charge >= 0.3 is 6.01 Å². The fourth-order valence-electron chi connectivity index (χ4n) is 1.16. The lowest BCUT2D eigenvalue weighted by Gasteiger charge is -2.06. The van der Waals surface area contributed by atoms with Gasteiger partial charge in [0.1, 0.15) is 0 Å². The van der Waals surface area contributed by atoms with Crippen molar-refractivity contribution < 1.29 is 14.2 Å². The molecule has 0 bridgehead atoms. The first-order valence-electron chi connectivity index (χ1n) is 5.62. The van der Waals surface area contributed by atoms with Gasteiger partial charge in [0.25, 0.3) is 0 Å². The van der Waals surface area contributed by atoms with Crippen molar-refractivity contribution in [3.05, 3.63) is 0 Å². The smallest absolute Gasteiger partial charge is 0.322 e. The van der Waals surface area contributed by atoms with Crippen LogP contribution in [0, 0.1) is 0 Å². The fraction of sp³-hybridized carbons (Fsp3) is 0.700. The van der Waals surface area contributed by atoms with Crippen molar-refractivity contribution in [1.82, 2.24) is 15.0 Å². The topological polar surface area (TPSA) is 104 Å². The standard InChI is InChI=1S/C10H19N5O3/c1-16-6-7-18-5-3-4-12-9-13-8(11)14-10(15-9)17-2/h3-7H2,1-2H3,(H3,11,12,13,14,15). The molecular weight excluding hydrogens is 238 g/mol. The number of methoxy groups -OCH3 is 2. The molecule has 1 aromatic rings. The van der Waals surface area contributed by atoms with Crippen LogP contribution in [0.3, 0.4) is 0 Å². The van der Waals surface area contributed by atoms with E-state index in [1.165, 1.54) is 7.11 Å². The molecule has 0 saturated carbocycles. The van der Waals surface area contributed by atoms with Crippen LogP contribution in [0.25, 0.3) is 0 Å². The molecule has 0 spiro atoms. The summed E-state index contributed by atoms with van der Waals surface area (Å²) in [4.78, 5) is 11.7. The minimum absolute atomic E-state index is 0.126. The van der Waals surface area contributed by atoms with Crippen molar-refractivity contribution in [2.75, 3.05) is 51.6 Å². The first-order chi connectivity index (χ1) is 8.76. The highest BCUT2D eigenvalue weighted by Gasteiger charge is 2.03. The van der Waals surface area contributed by atoms with Crippen LogP contribution in [0.1, 0.15) is 6.42 Å². The Bertz CT molecular complexity index is 350. The second-order valence-corrected chi connectivity index (χ2v) is 3.39. The Balaban J connectivity index is 2.20. The van der Waals surface area contributed by atoms with Gasteiger partial charge in [-0.1, -0.05) is 0 Å². The Morgan fingerprint density at radius 2 is 1.94 bits per heavy atom. The van der Waals surface area contributed by atoms with Gasteiger partial charge in [-0.2, -0.15) is 15.0 Å². The van der Waals surface area contributed by atoms with Crippen molar-refractivity contribution in [3.63, 3.8) is 0 Å². The van der Waals surface area contributed by atoms with Crippen molar-refractivity contribution in [3.8, 4) is 6.01 Å². The van der Waals surface area contributed by atoms with Crippen molar-refractivity contribution in [2.24, 2.45) is 0 Å². The van der Waals surface area contributed by atoms with E-state index in [4.69, 9.17) is 19.9 Å². The predicted molar refractivity (Wildman–Crippen MR) is 66.6 cm³/mol. The van der Waals surface area contributed by atoms with E-state index in [0.717, 1.165) is 6.42 Å². The molecule has 0 atom stereocenters. The molecule has 1 rings (SSSR count). The average Bonchev–Trinajstić information content (AvgIpc) is 2.37. The minimum atomic E-state index is 0.126. The molecule has 1 heterocycles. The summed E-state index contributed by atoms with van der Waals surface area (Å²) in [6, 6.07) is 0.196. The molecule has 0 aliphatic carbocycles. The van der Waals surface area contributed by atoms with Gasteiger partial charge in [0.05, 0.1) is 20.3 Å². The summed E-state index contributed by atoms with van der Waals surface area (Å²) in [5, 5.41) is 3.02. The largest absolute Gasteiger partial charge is 0.467 e. The third-order valence-electron chi connectivity index (χ3n) is 2.00. The van der Waals surface area contributed by atoms with Crippen LogP contribution in [-0.2, 0) is 9.47 Å². The van der Waals surface area contributed by atoms with Crippen LogP contribution >= 0.6 is 0 Å². The van der Waals surface area contributed by atoms with E-state index in [1.54, 1.807) is 7.11 Å². The van der Waals surface area contributed by atoms with Gasteiger partial charge in [-0.3, -0.25) is 0 Å². The Labute approximate surface area is 106 Å². The molecular formula is C10H19N5O3. The van der Waals surface area contributed by atoms with E-state index in [-0.39, 0.29) is 12.0 Å². The van der Waals surface area contributed by atoms with E-state index < -0.39 is 0 Å².